The van der Waals surface area contributed by atoms with Gasteiger partial charge in [0.1, 0.15) is 5.82 Å². The van der Waals surface area contributed by atoms with Crippen LogP contribution in [0, 0.1) is 5.82 Å². The van der Waals surface area contributed by atoms with Gasteiger partial charge in [0.2, 0.25) is 10.0 Å². The maximum Gasteiger partial charge on any atom is 0.416 e. The fourth-order valence-corrected chi connectivity index (χ4v) is 4.87. The fraction of sp³-hybridized carbons (Fsp3) is 0.429. The molecule has 5 nitrogen and oxygen atoms in total. The fourth-order valence-electron chi connectivity index (χ4n) is 3.36. The smallest absolute Gasteiger partial charge is 0.379 e. The molecule has 0 aliphatic carbocycles. The van der Waals surface area contributed by atoms with Crippen molar-refractivity contribution in [1.82, 2.24) is 9.21 Å². The van der Waals surface area contributed by atoms with Crippen LogP contribution in [0.4, 0.5) is 17.6 Å². The van der Waals surface area contributed by atoms with Gasteiger partial charge in [-0.15, -0.1) is 0 Å². The maximum atomic E-state index is 13.2. The van der Waals surface area contributed by atoms with Crippen molar-refractivity contribution in [3.63, 3.8) is 0 Å². The van der Waals surface area contributed by atoms with Gasteiger partial charge in [-0.05, 0) is 48.9 Å². The first-order chi connectivity index (χ1) is 14.7. The Kier molecular flexibility index (Phi) is 7.68. The lowest BCUT2D eigenvalue weighted by atomic mass is 10.2. The Labute approximate surface area is 179 Å². The summed E-state index contributed by atoms with van der Waals surface area (Å²) in [4.78, 5) is 1.73. The molecule has 170 valence electrons. The molecule has 0 bridgehead atoms. The number of halogens is 4. The van der Waals surface area contributed by atoms with E-state index in [1.54, 1.807) is 0 Å². The molecule has 1 fully saturated rings. The first-order valence-electron chi connectivity index (χ1n) is 9.88. The summed E-state index contributed by atoms with van der Waals surface area (Å²) in [6.45, 7) is 3.41. The van der Waals surface area contributed by atoms with Crippen LogP contribution < -0.4 is 0 Å². The van der Waals surface area contributed by atoms with Gasteiger partial charge in [-0.3, -0.25) is 4.90 Å². The number of hydrogen-bond donors (Lipinski definition) is 0. The predicted octanol–water partition coefficient (Wildman–Crippen LogP) is 3.76. The van der Waals surface area contributed by atoms with E-state index in [4.69, 9.17) is 4.74 Å². The van der Waals surface area contributed by atoms with Crippen LogP contribution in [-0.2, 0) is 27.5 Å². The van der Waals surface area contributed by atoms with Gasteiger partial charge in [0, 0.05) is 26.2 Å². The van der Waals surface area contributed by atoms with Crippen molar-refractivity contribution in [3.8, 4) is 0 Å². The van der Waals surface area contributed by atoms with Gasteiger partial charge in [-0.1, -0.05) is 18.2 Å². The highest BCUT2D eigenvalue weighted by Crippen LogP contribution is 2.31. The normalized spacial score (nSPS) is 16.0. The highest BCUT2D eigenvalue weighted by molar-refractivity contribution is 7.89. The minimum Gasteiger partial charge on any atom is -0.379 e. The molecule has 0 radical (unpaired) electrons. The van der Waals surface area contributed by atoms with Gasteiger partial charge in [-0.25, -0.2) is 12.8 Å². The molecule has 3 rings (SSSR count). The van der Waals surface area contributed by atoms with Gasteiger partial charge in [0.05, 0.1) is 23.7 Å². The second-order valence-corrected chi connectivity index (χ2v) is 9.24. The molecule has 1 aliphatic heterocycles. The molecule has 2 aromatic rings. The summed E-state index contributed by atoms with van der Waals surface area (Å²) < 4.78 is 85.4. The van der Waals surface area contributed by atoms with Crippen molar-refractivity contribution in [2.24, 2.45) is 0 Å². The molecule has 0 saturated carbocycles. The molecule has 0 spiro atoms. The summed E-state index contributed by atoms with van der Waals surface area (Å²) in [6.07, 6.45) is -4.15. The molecular weight excluding hydrogens is 436 g/mol. The summed E-state index contributed by atoms with van der Waals surface area (Å²) in [5, 5.41) is 0. The monoisotopic (exact) mass is 460 g/mol. The van der Waals surface area contributed by atoms with Crippen LogP contribution in [0.3, 0.4) is 0 Å². The third-order valence-corrected chi connectivity index (χ3v) is 6.90. The van der Waals surface area contributed by atoms with Crippen molar-refractivity contribution in [1.29, 1.82) is 0 Å². The average Bonchev–Trinajstić information content (AvgIpc) is 2.74. The number of nitrogens with zero attached hydrogens (tertiary/aromatic N) is 2. The van der Waals surface area contributed by atoms with Crippen LogP contribution in [0.1, 0.15) is 17.5 Å². The first kappa shape index (κ1) is 23.6. The zero-order chi connectivity index (χ0) is 22.5. The molecule has 10 heteroatoms. The quantitative estimate of drug-likeness (QED) is 0.563. The van der Waals surface area contributed by atoms with Crippen molar-refractivity contribution in [3.05, 3.63) is 65.5 Å². The predicted molar refractivity (Wildman–Crippen MR) is 107 cm³/mol. The summed E-state index contributed by atoms with van der Waals surface area (Å²) in [5.74, 6) is -0.455. The molecule has 0 N–H and O–H groups in total. The van der Waals surface area contributed by atoms with Gasteiger partial charge >= 0.3 is 6.18 Å². The Balaban J connectivity index is 1.81. The Bertz CT molecular complexity index is 959. The van der Waals surface area contributed by atoms with E-state index in [9.17, 15) is 26.0 Å². The number of rotatable bonds is 8. The van der Waals surface area contributed by atoms with E-state index in [-0.39, 0.29) is 13.1 Å². The molecular formula is C21H24F4N2O3S. The van der Waals surface area contributed by atoms with Crippen LogP contribution in [-0.4, -0.2) is 57.0 Å². The Morgan fingerprint density at radius 1 is 1.03 bits per heavy atom. The van der Waals surface area contributed by atoms with Crippen LogP contribution in [0.2, 0.25) is 0 Å². The molecule has 0 unspecified atom stereocenters. The van der Waals surface area contributed by atoms with E-state index in [2.05, 4.69) is 4.90 Å². The van der Waals surface area contributed by atoms with Crippen LogP contribution in [0.5, 0.6) is 0 Å². The molecule has 0 aromatic heterocycles. The van der Waals surface area contributed by atoms with Crippen LogP contribution in [0.15, 0.2) is 53.4 Å². The van der Waals surface area contributed by atoms with Gasteiger partial charge < -0.3 is 4.74 Å². The van der Waals surface area contributed by atoms with Crippen LogP contribution in [0.25, 0.3) is 0 Å². The van der Waals surface area contributed by atoms with E-state index < -0.39 is 32.5 Å². The lowest BCUT2D eigenvalue weighted by Gasteiger charge is -2.28. The minimum atomic E-state index is -4.65. The van der Waals surface area contributed by atoms with E-state index in [1.165, 1.54) is 24.3 Å². The molecule has 1 aliphatic rings. The van der Waals surface area contributed by atoms with Crippen molar-refractivity contribution in [2.45, 2.75) is 24.0 Å². The number of sulfonamides is 1. The molecule has 1 heterocycles. The van der Waals surface area contributed by atoms with E-state index in [0.29, 0.717) is 37.8 Å². The SMILES string of the molecule is O=S(=O)(c1cccc(C(F)(F)F)c1)N(CCCN1CCOCC1)Cc1ccc(F)cc1. The molecule has 2 aromatic carbocycles. The van der Waals surface area contributed by atoms with E-state index in [0.717, 1.165) is 35.6 Å². The van der Waals surface area contributed by atoms with Crippen LogP contribution >= 0.6 is 0 Å². The van der Waals surface area contributed by atoms with Crippen molar-refractivity contribution >= 4 is 10.0 Å². The number of hydrogen-bond acceptors (Lipinski definition) is 4. The second-order valence-electron chi connectivity index (χ2n) is 7.30. The van der Waals surface area contributed by atoms with E-state index >= 15 is 0 Å². The Morgan fingerprint density at radius 2 is 1.71 bits per heavy atom. The van der Waals surface area contributed by atoms with Crippen molar-refractivity contribution in [2.75, 3.05) is 39.4 Å². The zero-order valence-electron chi connectivity index (χ0n) is 16.8. The average molecular weight is 460 g/mol. The summed E-state index contributed by atoms with van der Waals surface area (Å²) in [5.41, 5.74) is -0.480. The number of alkyl halides is 3. The zero-order valence-corrected chi connectivity index (χ0v) is 17.6. The molecule has 31 heavy (non-hydrogen) atoms. The lowest BCUT2D eigenvalue weighted by molar-refractivity contribution is -0.137. The minimum absolute atomic E-state index is 0.0675. The summed E-state index contributed by atoms with van der Waals surface area (Å²) in [7, 11) is -4.20. The van der Waals surface area contributed by atoms with Gasteiger partial charge in [0.25, 0.3) is 0 Å². The summed E-state index contributed by atoms with van der Waals surface area (Å²) >= 11 is 0. The second kappa shape index (κ2) is 10.1. The summed E-state index contributed by atoms with van der Waals surface area (Å²) in [6, 6.07) is 9.09. The maximum absolute atomic E-state index is 13.2. The number of ether oxygens (including phenoxy) is 1. The first-order valence-corrected chi connectivity index (χ1v) is 11.3. The molecule has 1 saturated heterocycles. The third kappa shape index (κ3) is 6.49. The largest absolute Gasteiger partial charge is 0.416 e. The lowest BCUT2D eigenvalue weighted by Crippen LogP contribution is -2.39. The highest BCUT2D eigenvalue weighted by atomic mass is 32.2. The topological polar surface area (TPSA) is 49.9 Å². The number of morpholine rings is 1. The molecule has 0 amide bonds. The Morgan fingerprint density at radius 3 is 2.35 bits per heavy atom. The standard InChI is InChI=1S/C21H24F4N2O3S/c22-19-7-5-17(6-8-19)16-27(10-2-9-26-11-13-30-14-12-26)31(28,29)20-4-1-3-18(15-20)21(23,24)25/h1,3-8,15H,2,9-14,16H2. The number of benzene rings is 2. The van der Waals surface area contributed by atoms with Gasteiger partial charge in [-0.2, -0.15) is 17.5 Å². The highest BCUT2D eigenvalue weighted by Gasteiger charge is 2.33. The Hall–Kier alpha value is -2.01. The van der Waals surface area contributed by atoms with Gasteiger partial charge in [0.15, 0.2) is 0 Å². The third-order valence-electron chi connectivity index (χ3n) is 5.06. The molecule has 0 atom stereocenters. The van der Waals surface area contributed by atoms with E-state index in [1.807, 2.05) is 0 Å². The van der Waals surface area contributed by atoms with Crippen molar-refractivity contribution < 1.29 is 30.7 Å².